The molecule has 4 rings (SSSR count). The number of nitrogens with one attached hydrogen (secondary N) is 1. The fourth-order valence-electron chi connectivity index (χ4n) is 3.35. The molecule has 0 spiro atoms. The highest BCUT2D eigenvalue weighted by Gasteiger charge is 2.49. The van der Waals surface area contributed by atoms with Crippen molar-refractivity contribution in [2.75, 3.05) is 0 Å². The van der Waals surface area contributed by atoms with Gasteiger partial charge in [0.2, 0.25) is 0 Å². The van der Waals surface area contributed by atoms with E-state index in [1.165, 1.54) is 6.07 Å². The number of aromatic nitrogens is 2. The van der Waals surface area contributed by atoms with Gasteiger partial charge in [0.1, 0.15) is 5.41 Å². The number of nitrogens with zero attached hydrogens (tertiary/aromatic N) is 2. The Labute approximate surface area is 177 Å². The molecule has 0 saturated heterocycles. The molecule has 2 aromatic heterocycles. The van der Waals surface area contributed by atoms with E-state index >= 15 is 0 Å². The minimum Gasteiger partial charge on any atom is -0.348 e. The second-order valence-electron chi connectivity index (χ2n) is 7.90. The van der Waals surface area contributed by atoms with Crippen molar-refractivity contribution in [3.8, 4) is 0 Å². The fourth-order valence-corrected chi connectivity index (χ4v) is 3.35. The summed E-state index contributed by atoms with van der Waals surface area (Å²) in [5.74, 6) is -0.275. The summed E-state index contributed by atoms with van der Waals surface area (Å²) in [6.07, 6.45) is -2.71. The van der Waals surface area contributed by atoms with E-state index < -0.39 is 11.6 Å². The third-order valence-corrected chi connectivity index (χ3v) is 5.48. The van der Waals surface area contributed by atoms with Crippen molar-refractivity contribution in [3.63, 3.8) is 0 Å². The van der Waals surface area contributed by atoms with Gasteiger partial charge in [-0.3, -0.25) is 14.8 Å². The summed E-state index contributed by atoms with van der Waals surface area (Å²) in [5.41, 5.74) is 0.491. The van der Waals surface area contributed by atoms with Crippen molar-refractivity contribution >= 4 is 27.7 Å². The fraction of sp³-hybridized carbons (Fsp3) is 0.208. The van der Waals surface area contributed by atoms with Gasteiger partial charge in [0.05, 0.1) is 16.7 Å². The number of para-hydroxylation sites is 1. The molecule has 31 heavy (non-hydrogen) atoms. The molecule has 7 heteroatoms. The molecule has 4 aromatic rings. The lowest BCUT2D eigenvalue weighted by atomic mass is 9.87. The van der Waals surface area contributed by atoms with Crippen LogP contribution in [0, 0.1) is 0 Å². The van der Waals surface area contributed by atoms with Gasteiger partial charge in [-0.15, -0.1) is 0 Å². The molecule has 0 unspecified atom stereocenters. The number of benzene rings is 2. The number of hydrogen-bond donors (Lipinski definition) is 1. The number of amides is 1. The van der Waals surface area contributed by atoms with Gasteiger partial charge in [-0.2, -0.15) is 13.2 Å². The maximum absolute atomic E-state index is 13.3. The van der Waals surface area contributed by atoms with Crippen LogP contribution in [0.1, 0.15) is 35.5 Å². The largest absolute Gasteiger partial charge is 0.399 e. The molecule has 0 saturated carbocycles. The van der Waals surface area contributed by atoms with Crippen molar-refractivity contribution in [2.45, 2.75) is 32.0 Å². The number of halogens is 3. The SMILES string of the molecule is CC(C)(c1ccc2cc(C(=O)NCc3ccnc4ccccc34)ccc2n1)C(F)(F)F. The monoisotopic (exact) mass is 423 g/mol. The molecule has 0 aliphatic rings. The lowest BCUT2D eigenvalue weighted by Gasteiger charge is -2.27. The summed E-state index contributed by atoms with van der Waals surface area (Å²) in [6, 6.07) is 17.2. The molecular weight excluding hydrogens is 403 g/mol. The molecular formula is C24H20F3N3O. The minimum atomic E-state index is -4.41. The number of carbonyl (C=O) groups excluding carboxylic acids is 1. The normalized spacial score (nSPS) is 12.3. The quantitative estimate of drug-likeness (QED) is 0.468. The first-order chi connectivity index (χ1) is 14.7. The van der Waals surface area contributed by atoms with Gasteiger partial charge in [0.25, 0.3) is 5.91 Å². The van der Waals surface area contributed by atoms with E-state index in [-0.39, 0.29) is 11.6 Å². The average Bonchev–Trinajstić information content (AvgIpc) is 2.75. The molecule has 0 aliphatic carbocycles. The molecule has 158 valence electrons. The van der Waals surface area contributed by atoms with E-state index in [4.69, 9.17) is 0 Å². The van der Waals surface area contributed by atoms with Crippen LogP contribution in [0.4, 0.5) is 13.2 Å². The van der Waals surface area contributed by atoms with Gasteiger partial charge < -0.3 is 5.32 Å². The molecule has 0 aliphatic heterocycles. The van der Waals surface area contributed by atoms with Crippen molar-refractivity contribution in [2.24, 2.45) is 0 Å². The van der Waals surface area contributed by atoms with Crippen LogP contribution in [0.5, 0.6) is 0 Å². The van der Waals surface area contributed by atoms with Gasteiger partial charge in [-0.25, -0.2) is 0 Å². The van der Waals surface area contributed by atoms with Crippen molar-refractivity contribution in [1.82, 2.24) is 15.3 Å². The van der Waals surface area contributed by atoms with Gasteiger partial charge >= 0.3 is 6.18 Å². The Kier molecular flexibility index (Phi) is 5.13. The van der Waals surface area contributed by atoms with E-state index in [1.54, 1.807) is 30.5 Å². The summed E-state index contributed by atoms with van der Waals surface area (Å²) >= 11 is 0. The maximum atomic E-state index is 13.3. The van der Waals surface area contributed by atoms with Crippen LogP contribution in [-0.4, -0.2) is 22.1 Å². The number of fused-ring (bicyclic) bond motifs is 2. The van der Waals surface area contributed by atoms with E-state index in [0.29, 0.717) is 23.0 Å². The van der Waals surface area contributed by atoms with Crippen LogP contribution in [0.15, 0.2) is 66.9 Å². The van der Waals surface area contributed by atoms with Crippen LogP contribution >= 0.6 is 0 Å². The molecule has 0 atom stereocenters. The number of carbonyl (C=O) groups is 1. The Morgan fingerprint density at radius 2 is 1.74 bits per heavy atom. The minimum absolute atomic E-state index is 0.0609. The van der Waals surface area contributed by atoms with Crippen LogP contribution in [0.2, 0.25) is 0 Å². The second kappa shape index (κ2) is 7.65. The summed E-state index contributed by atoms with van der Waals surface area (Å²) < 4.78 is 39.9. The molecule has 1 N–H and O–H groups in total. The Bertz CT molecular complexity index is 1280. The summed E-state index contributed by atoms with van der Waals surface area (Å²) in [5, 5.41) is 4.46. The zero-order valence-corrected chi connectivity index (χ0v) is 17.0. The van der Waals surface area contributed by atoms with Crippen molar-refractivity contribution < 1.29 is 18.0 Å². The number of alkyl halides is 3. The average molecular weight is 423 g/mol. The third kappa shape index (κ3) is 3.95. The molecule has 1 amide bonds. The van der Waals surface area contributed by atoms with E-state index in [2.05, 4.69) is 15.3 Å². The molecule has 0 bridgehead atoms. The highest BCUT2D eigenvalue weighted by molar-refractivity contribution is 5.98. The summed E-state index contributed by atoms with van der Waals surface area (Å²) in [7, 11) is 0. The van der Waals surface area contributed by atoms with Crippen LogP contribution in [0.3, 0.4) is 0 Å². The smallest absolute Gasteiger partial charge is 0.348 e. The first-order valence-corrected chi connectivity index (χ1v) is 9.76. The second-order valence-corrected chi connectivity index (χ2v) is 7.90. The number of pyridine rings is 2. The topological polar surface area (TPSA) is 54.9 Å². The van der Waals surface area contributed by atoms with E-state index in [1.807, 2.05) is 30.3 Å². The predicted molar refractivity (Wildman–Crippen MR) is 114 cm³/mol. The first-order valence-electron chi connectivity index (χ1n) is 9.76. The van der Waals surface area contributed by atoms with Crippen molar-refractivity contribution in [3.05, 3.63) is 83.7 Å². The standard InChI is InChI=1S/C24H20F3N3O/c1-23(2,24(25,26)27)21-10-8-15-13-16(7-9-19(15)30-21)22(31)29-14-17-11-12-28-20-6-4-3-5-18(17)20/h3-13H,14H2,1-2H3,(H,29,31). The highest BCUT2D eigenvalue weighted by Crippen LogP contribution is 2.39. The first kappa shape index (κ1) is 20.8. The van der Waals surface area contributed by atoms with Crippen LogP contribution in [-0.2, 0) is 12.0 Å². The number of rotatable bonds is 4. The molecule has 0 radical (unpaired) electrons. The van der Waals surface area contributed by atoms with E-state index in [0.717, 1.165) is 30.3 Å². The van der Waals surface area contributed by atoms with Crippen molar-refractivity contribution in [1.29, 1.82) is 0 Å². The maximum Gasteiger partial charge on any atom is 0.399 e. The lowest BCUT2D eigenvalue weighted by molar-refractivity contribution is -0.181. The summed E-state index contributed by atoms with van der Waals surface area (Å²) in [6.45, 7) is 2.54. The van der Waals surface area contributed by atoms with Gasteiger partial charge in [-0.05, 0) is 55.8 Å². The number of hydrogen-bond acceptors (Lipinski definition) is 3. The molecule has 2 heterocycles. The lowest BCUT2D eigenvalue weighted by Crippen LogP contribution is -2.37. The summed E-state index contributed by atoms with van der Waals surface area (Å²) in [4.78, 5) is 21.2. The molecule has 2 aromatic carbocycles. The molecule has 4 nitrogen and oxygen atoms in total. The zero-order valence-electron chi connectivity index (χ0n) is 17.0. The van der Waals surface area contributed by atoms with Crippen LogP contribution in [0.25, 0.3) is 21.8 Å². The van der Waals surface area contributed by atoms with Gasteiger partial charge in [0, 0.05) is 29.1 Å². The third-order valence-electron chi connectivity index (χ3n) is 5.48. The molecule has 0 fully saturated rings. The Balaban J connectivity index is 1.55. The van der Waals surface area contributed by atoms with E-state index in [9.17, 15) is 18.0 Å². The Morgan fingerprint density at radius 1 is 0.968 bits per heavy atom. The highest BCUT2D eigenvalue weighted by atomic mass is 19.4. The predicted octanol–water partition coefficient (Wildman–Crippen LogP) is 5.55. The Hall–Kier alpha value is -3.48. The van der Waals surface area contributed by atoms with Gasteiger partial charge in [0.15, 0.2) is 0 Å². The zero-order chi connectivity index (χ0) is 22.2. The van der Waals surface area contributed by atoms with Gasteiger partial charge in [-0.1, -0.05) is 24.3 Å². The van der Waals surface area contributed by atoms with Crippen LogP contribution < -0.4 is 5.32 Å². The Morgan fingerprint density at radius 3 is 2.52 bits per heavy atom.